The molecule has 1 aromatic heterocycles. The van der Waals surface area contributed by atoms with Gasteiger partial charge in [-0.15, -0.1) is 37.1 Å². The zero-order valence-electron chi connectivity index (χ0n) is 15.2. The molecule has 0 aliphatic carbocycles. The van der Waals surface area contributed by atoms with E-state index in [1.165, 1.54) is 12.1 Å². The van der Waals surface area contributed by atoms with Crippen LogP contribution in [-0.4, -0.2) is 31.1 Å². The lowest BCUT2D eigenvalue weighted by molar-refractivity contribution is -0.274. The summed E-state index contributed by atoms with van der Waals surface area (Å²) in [7, 11) is 1.59. The molecule has 0 spiro atoms. The maximum Gasteiger partial charge on any atom is 0.573 e. The first-order valence-electron chi connectivity index (χ1n) is 8.00. The van der Waals surface area contributed by atoms with E-state index in [0.717, 1.165) is 17.0 Å². The quantitative estimate of drug-likeness (QED) is 0.361. The van der Waals surface area contributed by atoms with Crippen molar-refractivity contribution in [2.24, 2.45) is 4.99 Å². The molecule has 2 aromatic rings. The van der Waals surface area contributed by atoms with E-state index >= 15 is 0 Å². The van der Waals surface area contributed by atoms with Crippen molar-refractivity contribution in [3.8, 4) is 5.75 Å². The van der Waals surface area contributed by atoms with Crippen LogP contribution in [0.4, 0.5) is 13.2 Å². The molecule has 27 heavy (non-hydrogen) atoms. The summed E-state index contributed by atoms with van der Waals surface area (Å²) < 4.78 is 46.5. The number of para-hydroxylation sites is 1. The molecule has 2 rings (SSSR count). The van der Waals surface area contributed by atoms with Crippen LogP contribution in [0.3, 0.4) is 0 Å². The van der Waals surface area contributed by atoms with Gasteiger partial charge in [0.2, 0.25) is 0 Å². The predicted octanol–water partition coefficient (Wildman–Crippen LogP) is 3.72. The second-order valence-electron chi connectivity index (χ2n) is 5.56. The molecule has 10 heteroatoms. The average molecular weight is 498 g/mol. The molecule has 1 aromatic carbocycles. The number of guanidine groups is 1. The largest absolute Gasteiger partial charge is 0.573 e. The number of aliphatic imine (C=N–C) groups is 1. The number of alkyl halides is 3. The van der Waals surface area contributed by atoms with Crippen molar-refractivity contribution in [1.82, 2.24) is 15.8 Å². The molecule has 0 fully saturated rings. The molecule has 6 nitrogen and oxygen atoms in total. The third kappa shape index (κ3) is 7.27. The molecule has 0 aliphatic heterocycles. The minimum Gasteiger partial charge on any atom is -0.405 e. The molecule has 150 valence electrons. The van der Waals surface area contributed by atoms with E-state index < -0.39 is 6.36 Å². The fourth-order valence-electron chi connectivity index (χ4n) is 2.44. The van der Waals surface area contributed by atoms with Gasteiger partial charge in [0.25, 0.3) is 0 Å². The second kappa shape index (κ2) is 10.4. The van der Waals surface area contributed by atoms with Crippen molar-refractivity contribution in [2.45, 2.75) is 33.2 Å². The van der Waals surface area contributed by atoms with Crippen molar-refractivity contribution >= 4 is 29.9 Å². The van der Waals surface area contributed by atoms with E-state index in [1.54, 1.807) is 19.2 Å². The van der Waals surface area contributed by atoms with Crippen LogP contribution < -0.4 is 15.4 Å². The van der Waals surface area contributed by atoms with Crippen LogP contribution in [0, 0.1) is 13.8 Å². The Bertz CT molecular complexity index is 743. The van der Waals surface area contributed by atoms with Gasteiger partial charge in [-0.1, -0.05) is 23.4 Å². The summed E-state index contributed by atoms with van der Waals surface area (Å²) in [6.45, 7) is 4.43. The minimum absolute atomic E-state index is 0. The lowest BCUT2D eigenvalue weighted by Gasteiger charge is -2.15. The molecule has 0 saturated heterocycles. The highest BCUT2D eigenvalue weighted by Crippen LogP contribution is 2.26. The van der Waals surface area contributed by atoms with Crippen molar-refractivity contribution in [3.63, 3.8) is 0 Å². The van der Waals surface area contributed by atoms with Crippen molar-refractivity contribution < 1.29 is 22.4 Å². The predicted molar refractivity (Wildman–Crippen MR) is 106 cm³/mol. The Balaban J connectivity index is 0.00000364. The van der Waals surface area contributed by atoms with Crippen LogP contribution in [0.5, 0.6) is 5.75 Å². The Hall–Kier alpha value is -1.98. The van der Waals surface area contributed by atoms with Gasteiger partial charge >= 0.3 is 6.36 Å². The standard InChI is InChI=1S/C17H21F3N4O2.HI/c1-11-14(12(2)26-24-11)8-9-22-16(21-3)23-10-13-6-4-5-7-15(13)25-17(18,19)20;/h4-7H,8-10H2,1-3H3,(H2,21,22,23);1H. The number of hydrogen-bond acceptors (Lipinski definition) is 4. The van der Waals surface area contributed by atoms with Gasteiger partial charge in [-0.05, 0) is 26.3 Å². The molecule has 0 atom stereocenters. The first kappa shape index (κ1) is 23.1. The van der Waals surface area contributed by atoms with Crippen LogP contribution in [0.25, 0.3) is 0 Å². The summed E-state index contributed by atoms with van der Waals surface area (Å²) in [4.78, 5) is 4.06. The van der Waals surface area contributed by atoms with Gasteiger partial charge in [0.1, 0.15) is 11.5 Å². The molecule has 0 amide bonds. The normalized spacial score (nSPS) is 11.7. The fourth-order valence-corrected chi connectivity index (χ4v) is 2.44. The van der Waals surface area contributed by atoms with Crippen molar-refractivity contribution in [2.75, 3.05) is 13.6 Å². The molecule has 0 unspecified atom stereocenters. The van der Waals surface area contributed by atoms with Crippen LogP contribution in [0.2, 0.25) is 0 Å². The fraction of sp³-hybridized carbons (Fsp3) is 0.412. The first-order chi connectivity index (χ1) is 12.3. The van der Waals surface area contributed by atoms with Gasteiger partial charge in [0, 0.05) is 31.3 Å². The Morgan fingerprint density at radius 1 is 1.22 bits per heavy atom. The topological polar surface area (TPSA) is 71.7 Å². The molecular formula is C17H22F3IN4O2. The van der Waals surface area contributed by atoms with Gasteiger partial charge in [0.15, 0.2) is 5.96 Å². The molecule has 0 radical (unpaired) electrons. The summed E-state index contributed by atoms with van der Waals surface area (Å²) >= 11 is 0. The molecule has 1 heterocycles. The highest BCUT2D eigenvalue weighted by molar-refractivity contribution is 14.0. The Labute approximate surface area is 172 Å². The number of benzene rings is 1. The summed E-state index contributed by atoms with van der Waals surface area (Å²) in [6, 6.07) is 5.97. The van der Waals surface area contributed by atoms with Gasteiger partial charge in [-0.3, -0.25) is 4.99 Å². The van der Waals surface area contributed by atoms with Crippen LogP contribution in [0.15, 0.2) is 33.8 Å². The molecular weight excluding hydrogens is 476 g/mol. The molecule has 0 bridgehead atoms. The maximum absolute atomic E-state index is 12.5. The van der Waals surface area contributed by atoms with Crippen LogP contribution in [-0.2, 0) is 13.0 Å². The summed E-state index contributed by atoms with van der Waals surface area (Å²) in [5.41, 5.74) is 2.24. The van der Waals surface area contributed by atoms with E-state index in [4.69, 9.17) is 4.52 Å². The van der Waals surface area contributed by atoms with Crippen molar-refractivity contribution in [3.05, 3.63) is 46.8 Å². The van der Waals surface area contributed by atoms with E-state index in [2.05, 4.69) is 25.5 Å². The Morgan fingerprint density at radius 2 is 1.93 bits per heavy atom. The van der Waals surface area contributed by atoms with Gasteiger partial charge in [0.05, 0.1) is 5.69 Å². The van der Waals surface area contributed by atoms with E-state index in [0.29, 0.717) is 24.5 Å². The molecule has 0 saturated carbocycles. The number of nitrogens with one attached hydrogen (secondary N) is 2. The van der Waals surface area contributed by atoms with E-state index in [9.17, 15) is 13.2 Å². The zero-order chi connectivity index (χ0) is 19.2. The zero-order valence-corrected chi connectivity index (χ0v) is 17.5. The number of rotatable bonds is 6. The SMILES string of the molecule is CN=C(NCCc1c(C)noc1C)NCc1ccccc1OC(F)(F)F.I. The van der Waals surface area contributed by atoms with Crippen molar-refractivity contribution in [1.29, 1.82) is 0 Å². The Morgan fingerprint density at radius 3 is 2.52 bits per heavy atom. The van der Waals surface area contributed by atoms with E-state index in [-0.39, 0.29) is 36.3 Å². The number of nitrogens with zero attached hydrogens (tertiary/aromatic N) is 2. The summed E-state index contributed by atoms with van der Waals surface area (Å²) in [5.74, 6) is 1.00. The monoisotopic (exact) mass is 498 g/mol. The van der Waals surface area contributed by atoms with Crippen LogP contribution in [0.1, 0.15) is 22.6 Å². The third-order valence-electron chi connectivity index (χ3n) is 3.72. The summed E-state index contributed by atoms with van der Waals surface area (Å²) in [5, 5.41) is 9.97. The maximum atomic E-state index is 12.5. The van der Waals surface area contributed by atoms with Gasteiger partial charge in [-0.2, -0.15) is 0 Å². The number of aryl methyl sites for hydroxylation is 2. The third-order valence-corrected chi connectivity index (χ3v) is 3.72. The summed E-state index contributed by atoms with van der Waals surface area (Å²) in [6.07, 6.45) is -4.04. The second-order valence-corrected chi connectivity index (χ2v) is 5.56. The van der Waals surface area contributed by atoms with Gasteiger partial charge < -0.3 is 19.9 Å². The lowest BCUT2D eigenvalue weighted by Crippen LogP contribution is -2.38. The van der Waals surface area contributed by atoms with Crippen LogP contribution >= 0.6 is 24.0 Å². The van der Waals surface area contributed by atoms with E-state index in [1.807, 2.05) is 13.8 Å². The molecule has 2 N–H and O–H groups in total. The number of halogens is 4. The first-order valence-corrected chi connectivity index (χ1v) is 8.00. The average Bonchev–Trinajstić information content (AvgIpc) is 2.89. The van der Waals surface area contributed by atoms with Gasteiger partial charge in [-0.25, -0.2) is 0 Å². The Kier molecular flexibility index (Phi) is 8.86. The smallest absolute Gasteiger partial charge is 0.405 e. The highest BCUT2D eigenvalue weighted by Gasteiger charge is 2.31. The number of ether oxygens (including phenoxy) is 1. The number of hydrogen-bond donors (Lipinski definition) is 2. The minimum atomic E-state index is -4.73. The highest BCUT2D eigenvalue weighted by atomic mass is 127. The molecule has 0 aliphatic rings. The number of aromatic nitrogens is 1. The lowest BCUT2D eigenvalue weighted by atomic mass is 10.1.